The van der Waals surface area contributed by atoms with Gasteiger partial charge < -0.3 is 20.9 Å². The molecule has 0 atom stereocenters. The van der Waals surface area contributed by atoms with Crippen LogP contribution in [0.4, 0.5) is 22.2 Å². The van der Waals surface area contributed by atoms with Crippen LogP contribution in [0.5, 0.6) is 0 Å². The number of carbonyl (C=O) groups is 1. The molecule has 2 aliphatic rings. The number of para-hydroxylation sites is 1. The van der Waals surface area contributed by atoms with Crippen LogP contribution >= 0.6 is 0 Å². The highest BCUT2D eigenvalue weighted by molar-refractivity contribution is 5.91. The SMILES string of the molecule is Cc1cccc(C(C)C)c1NC(=O)NC[C@H]1CC[C@@H](Nc2nc3c(c(N(C)C)n2)CCCC3)CC1. The van der Waals surface area contributed by atoms with Crippen LogP contribution in [-0.4, -0.2) is 42.7 Å². The highest BCUT2D eigenvalue weighted by atomic mass is 16.2. The van der Waals surface area contributed by atoms with Crippen LogP contribution in [0.25, 0.3) is 0 Å². The van der Waals surface area contributed by atoms with Crippen LogP contribution in [-0.2, 0) is 12.8 Å². The molecule has 3 N–H and O–H groups in total. The van der Waals surface area contributed by atoms with Crippen molar-refractivity contribution in [3.8, 4) is 0 Å². The fraction of sp³-hybridized carbons (Fsp3) is 0.607. The fourth-order valence-corrected chi connectivity index (χ4v) is 5.44. The monoisotopic (exact) mass is 478 g/mol. The van der Waals surface area contributed by atoms with Crippen LogP contribution < -0.4 is 20.9 Å². The molecule has 2 amide bonds. The zero-order chi connectivity index (χ0) is 24.9. The van der Waals surface area contributed by atoms with Gasteiger partial charge in [0.1, 0.15) is 5.82 Å². The maximum atomic E-state index is 12.6. The number of nitrogens with one attached hydrogen (secondary N) is 3. The van der Waals surface area contributed by atoms with Gasteiger partial charge >= 0.3 is 6.03 Å². The van der Waals surface area contributed by atoms with Crippen LogP contribution in [0.2, 0.25) is 0 Å². The lowest BCUT2D eigenvalue weighted by atomic mass is 9.86. The van der Waals surface area contributed by atoms with Crippen molar-refractivity contribution in [3.63, 3.8) is 0 Å². The first-order chi connectivity index (χ1) is 16.8. The number of aromatic nitrogens is 2. The molecule has 1 heterocycles. The second-order valence-electron chi connectivity index (χ2n) is 10.8. The van der Waals surface area contributed by atoms with E-state index >= 15 is 0 Å². The molecule has 7 heteroatoms. The van der Waals surface area contributed by atoms with E-state index in [-0.39, 0.29) is 6.03 Å². The molecule has 0 unspecified atom stereocenters. The third-order valence-corrected chi connectivity index (χ3v) is 7.48. The predicted octanol–water partition coefficient (Wildman–Crippen LogP) is 5.65. The quantitative estimate of drug-likeness (QED) is 0.479. The van der Waals surface area contributed by atoms with E-state index in [9.17, 15) is 4.79 Å². The van der Waals surface area contributed by atoms with Gasteiger partial charge in [-0.05, 0) is 81.3 Å². The molecule has 0 aliphatic heterocycles. The van der Waals surface area contributed by atoms with Crippen molar-refractivity contribution in [1.29, 1.82) is 0 Å². The Bertz CT molecular complexity index is 1030. The Hall–Kier alpha value is -2.83. The van der Waals surface area contributed by atoms with E-state index in [1.807, 2.05) is 13.0 Å². The molecular weight excluding hydrogens is 436 g/mol. The summed E-state index contributed by atoms with van der Waals surface area (Å²) in [4.78, 5) is 24.5. The Morgan fingerprint density at radius 2 is 1.83 bits per heavy atom. The Labute approximate surface area is 210 Å². The van der Waals surface area contributed by atoms with Crippen molar-refractivity contribution < 1.29 is 4.79 Å². The average molecular weight is 479 g/mol. The predicted molar refractivity (Wildman–Crippen MR) is 145 cm³/mol. The second-order valence-corrected chi connectivity index (χ2v) is 10.8. The number of rotatable bonds is 7. The highest BCUT2D eigenvalue weighted by Crippen LogP contribution is 2.31. The Morgan fingerprint density at radius 1 is 1.09 bits per heavy atom. The summed E-state index contributed by atoms with van der Waals surface area (Å²) in [5.41, 5.74) is 5.75. The third-order valence-electron chi connectivity index (χ3n) is 7.48. The van der Waals surface area contributed by atoms with Gasteiger partial charge in [0.25, 0.3) is 0 Å². The molecule has 0 radical (unpaired) electrons. The molecule has 1 aromatic carbocycles. The average Bonchev–Trinajstić information content (AvgIpc) is 2.84. The summed E-state index contributed by atoms with van der Waals surface area (Å²) in [7, 11) is 4.14. The van der Waals surface area contributed by atoms with Gasteiger partial charge in [0.05, 0.1) is 5.69 Å². The Kier molecular flexibility index (Phi) is 8.14. The maximum Gasteiger partial charge on any atom is 0.319 e. The Balaban J connectivity index is 1.27. The van der Waals surface area contributed by atoms with E-state index in [4.69, 9.17) is 9.97 Å². The summed E-state index contributed by atoms with van der Waals surface area (Å²) >= 11 is 0. The van der Waals surface area contributed by atoms with Crippen molar-refractivity contribution in [2.75, 3.05) is 36.2 Å². The number of hydrogen-bond donors (Lipinski definition) is 3. The summed E-state index contributed by atoms with van der Waals surface area (Å²) in [6.07, 6.45) is 8.89. The number of nitrogens with zero attached hydrogens (tertiary/aromatic N) is 3. The zero-order valence-electron chi connectivity index (χ0n) is 22.1. The summed E-state index contributed by atoms with van der Waals surface area (Å²) in [5, 5.41) is 9.83. The molecule has 1 aromatic heterocycles. The van der Waals surface area contributed by atoms with Crippen molar-refractivity contribution in [2.24, 2.45) is 5.92 Å². The molecule has 7 nitrogen and oxygen atoms in total. The standard InChI is InChI=1S/C28H42N6O/c1-18(2)22-11-8-9-19(3)25(22)32-28(35)29-17-20-13-15-21(16-14-20)30-27-31-24-12-7-6-10-23(24)26(33-27)34(4)5/h8-9,11,18,20-21H,6-7,10,12-17H2,1-5H3,(H2,29,32,35)(H,30,31,33)/t20-,21+. The van der Waals surface area contributed by atoms with Gasteiger partial charge in [0.2, 0.25) is 5.95 Å². The van der Waals surface area contributed by atoms with E-state index in [2.05, 4.69) is 60.9 Å². The first-order valence-corrected chi connectivity index (χ1v) is 13.3. The van der Waals surface area contributed by atoms with Crippen molar-refractivity contribution in [2.45, 2.75) is 84.1 Å². The molecule has 0 saturated heterocycles. The molecule has 1 saturated carbocycles. The second kappa shape index (κ2) is 11.3. The number of aryl methyl sites for hydroxylation is 2. The number of carbonyl (C=O) groups excluding carboxylic acids is 1. The lowest BCUT2D eigenvalue weighted by Crippen LogP contribution is -2.36. The van der Waals surface area contributed by atoms with Gasteiger partial charge in [-0.1, -0.05) is 32.0 Å². The van der Waals surface area contributed by atoms with E-state index in [0.717, 1.165) is 61.5 Å². The molecule has 0 spiro atoms. The zero-order valence-corrected chi connectivity index (χ0v) is 22.1. The summed E-state index contributed by atoms with van der Waals surface area (Å²) in [6, 6.07) is 6.47. The number of hydrogen-bond acceptors (Lipinski definition) is 5. The number of benzene rings is 1. The van der Waals surface area contributed by atoms with Gasteiger partial charge in [-0.3, -0.25) is 0 Å². The molecule has 1 fully saturated rings. The van der Waals surface area contributed by atoms with Crippen molar-refractivity contribution >= 4 is 23.5 Å². The largest absolute Gasteiger partial charge is 0.362 e. The van der Waals surface area contributed by atoms with E-state index in [1.165, 1.54) is 29.7 Å². The molecular formula is C28H42N6O. The third kappa shape index (κ3) is 6.24. The van der Waals surface area contributed by atoms with Crippen LogP contribution in [0, 0.1) is 12.8 Å². The number of urea groups is 1. The first kappa shape index (κ1) is 25.3. The van der Waals surface area contributed by atoms with E-state index in [1.54, 1.807) is 0 Å². The maximum absolute atomic E-state index is 12.6. The molecule has 0 bridgehead atoms. The summed E-state index contributed by atoms with van der Waals surface area (Å²) < 4.78 is 0. The van der Waals surface area contributed by atoms with E-state index < -0.39 is 0 Å². The molecule has 35 heavy (non-hydrogen) atoms. The molecule has 190 valence electrons. The van der Waals surface area contributed by atoms with Crippen molar-refractivity contribution in [3.05, 3.63) is 40.6 Å². The smallest absolute Gasteiger partial charge is 0.319 e. The summed E-state index contributed by atoms with van der Waals surface area (Å²) in [6.45, 7) is 7.06. The minimum atomic E-state index is -0.111. The minimum Gasteiger partial charge on any atom is -0.362 e. The Morgan fingerprint density at radius 3 is 2.54 bits per heavy atom. The van der Waals surface area contributed by atoms with Gasteiger partial charge in [0.15, 0.2) is 0 Å². The van der Waals surface area contributed by atoms with Gasteiger partial charge in [-0.25, -0.2) is 9.78 Å². The minimum absolute atomic E-state index is 0.111. The summed E-state index contributed by atoms with van der Waals surface area (Å²) in [5.74, 6) is 2.70. The van der Waals surface area contributed by atoms with Crippen LogP contribution in [0.1, 0.15) is 80.7 Å². The van der Waals surface area contributed by atoms with Crippen molar-refractivity contribution in [1.82, 2.24) is 15.3 Å². The molecule has 2 aliphatic carbocycles. The van der Waals surface area contributed by atoms with E-state index in [0.29, 0.717) is 24.4 Å². The topological polar surface area (TPSA) is 82.2 Å². The fourth-order valence-electron chi connectivity index (χ4n) is 5.44. The highest BCUT2D eigenvalue weighted by Gasteiger charge is 2.24. The first-order valence-electron chi connectivity index (χ1n) is 13.3. The van der Waals surface area contributed by atoms with Gasteiger partial charge in [0, 0.05) is 37.9 Å². The number of fused-ring (bicyclic) bond motifs is 1. The van der Waals surface area contributed by atoms with Gasteiger partial charge in [-0.2, -0.15) is 4.98 Å². The normalized spacial score (nSPS) is 19.7. The van der Waals surface area contributed by atoms with Gasteiger partial charge in [-0.15, -0.1) is 0 Å². The lowest BCUT2D eigenvalue weighted by Gasteiger charge is -2.30. The lowest BCUT2D eigenvalue weighted by molar-refractivity contribution is 0.246. The molecule has 2 aromatic rings. The molecule has 4 rings (SSSR count). The van der Waals surface area contributed by atoms with Crippen LogP contribution in [0.15, 0.2) is 18.2 Å². The van der Waals surface area contributed by atoms with Crippen LogP contribution in [0.3, 0.4) is 0 Å². The number of amides is 2. The number of anilines is 3.